The summed E-state index contributed by atoms with van der Waals surface area (Å²) in [6, 6.07) is 16.8. The quantitative estimate of drug-likeness (QED) is 0.442. The van der Waals surface area contributed by atoms with Gasteiger partial charge in [-0.25, -0.2) is 5.43 Å². The number of hydrogen-bond acceptors (Lipinski definition) is 3. The minimum Gasteiger partial charge on any atom is -0.376 e. The Balaban J connectivity index is 1.63. The fourth-order valence-corrected chi connectivity index (χ4v) is 3.23. The van der Waals surface area contributed by atoms with Crippen LogP contribution in [0.15, 0.2) is 59.7 Å². The van der Waals surface area contributed by atoms with Gasteiger partial charge in [-0.15, -0.1) is 0 Å². The number of para-hydroxylation sites is 1. The lowest BCUT2D eigenvalue weighted by molar-refractivity contribution is -0.119. The van der Waals surface area contributed by atoms with E-state index in [1.807, 2.05) is 56.3 Å². The molecule has 0 saturated heterocycles. The first-order chi connectivity index (χ1) is 13.5. The third kappa shape index (κ3) is 4.74. The highest BCUT2D eigenvalue weighted by molar-refractivity contribution is 6.32. The van der Waals surface area contributed by atoms with Crippen molar-refractivity contribution in [3.63, 3.8) is 0 Å². The van der Waals surface area contributed by atoms with Gasteiger partial charge in [0.05, 0.1) is 23.5 Å². The molecule has 0 aliphatic rings. The molecule has 7 heteroatoms. The van der Waals surface area contributed by atoms with E-state index in [1.54, 1.807) is 18.3 Å². The van der Waals surface area contributed by atoms with Crippen LogP contribution in [0, 0.1) is 13.8 Å². The molecule has 5 nitrogen and oxygen atoms in total. The number of nitrogens with one attached hydrogen (secondary N) is 2. The van der Waals surface area contributed by atoms with Crippen molar-refractivity contribution in [3.8, 4) is 5.69 Å². The van der Waals surface area contributed by atoms with Crippen LogP contribution in [0.4, 0.5) is 5.69 Å². The van der Waals surface area contributed by atoms with Crippen LogP contribution in [0.3, 0.4) is 0 Å². The summed E-state index contributed by atoms with van der Waals surface area (Å²) in [5, 5.41) is 8.40. The van der Waals surface area contributed by atoms with Crippen LogP contribution in [-0.4, -0.2) is 23.2 Å². The van der Waals surface area contributed by atoms with Crippen LogP contribution < -0.4 is 10.7 Å². The van der Waals surface area contributed by atoms with Gasteiger partial charge in [0.25, 0.3) is 5.91 Å². The van der Waals surface area contributed by atoms with Gasteiger partial charge in [0.15, 0.2) is 0 Å². The molecule has 2 aromatic carbocycles. The number of hydrogen-bond donors (Lipinski definition) is 2. The summed E-state index contributed by atoms with van der Waals surface area (Å²) in [5.74, 6) is -0.244. The molecular weight excluding hydrogens is 395 g/mol. The van der Waals surface area contributed by atoms with Crippen molar-refractivity contribution in [3.05, 3.63) is 81.6 Å². The average molecular weight is 415 g/mol. The molecule has 0 aliphatic carbocycles. The fraction of sp³-hybridized carbons (Fsp3) is 0.143. The molecule has 3 rings (SSSR count). The van der Waals surface area contributed by atoms with Crippen molar-refractivity contribution < 1.29 is 4.79 Å². The number of nitrogens with zero attached hydrogens (tertiary/aromatic N) is 2. The second kappa shape index (κ2) is 8.95. The molecule has 0 atom stereocenters. The number of carbonyl (C=O) groups excluding carboxylic acids is 1. The molecule has 0 bridgehead atoms. The van der Waals surface area contributed by atoms with Crippen LogP contribution in [0.2, 0.25) is 10.0 Å². The van der Waals surface area contributed by atoms with Gasteiger partial charge in [-0.2, -0.15) is 5.10 Å². The molecule has 144 valence electrons. The number of anilines is 1. The van der Waals surface area contributed by atoms with Crippen molar-refractivity contribution >= 4 is 41.0 Å². The molecule has 1 aromatic heterocycles. The molecule has 0 unspecified atom stereocenters. The first kappa shape index (κ1) is 20.0. The van der Waals surface area contributed by atoms with Crippen molar-refractivity contribution in [2.45, 2.75) is 13.8 Å². The smallest absolute Gasteiger partial charge is 0.259 e. The summed E-state index contributed by atoms with van der Waals surface area (Å²) in [7, 11) is 0. The Bertz CT molecular complexity index is 1010. The molecule has 1 heterocycles. The predicted octanol–water partition coefficient (Wildman–Crippen LogP) is 4.96. The molecule has 2 N–H and O–H groups in total. The van der Waals surface area contributed by atoms with Crippen LogP contribution >= 0.6 is 23.2 Å². The van der Waals surface area contributed by atoms with Gasteiger partial charge < -0.3 is 9.88 Å². The van der Waals surface area contributed by atoms with Crippen molar-refractivity contribution in [1.29, 1.82) is 0 Å². The summed E-state index contributed by atoms with van der Waals surface area (Å²) in [6.07, 6.45) is 1.63. The topological polar surface area (TPSA) is 58.4 Å². The van der Waals surface area contributed by atoms with E-state index < -0.39 is 0 Å². The second-order valence-corrected chi connectivity index (χ2v) is 7.11. The largest absolute Gasteiger partial charge is 0.376 e. The van der Waals surface area contributed by atoms with Crippen molar-refractivity contribution in [2.24, 2.45) is 5.10 Å². The standard InChI is InChI=1S/C21H20Cl2N4O/c1-14-11-16(15(2)27(14)20-6-4-3-5-19(20)23)12-25-26-21(28)13-24-18-9-7-17(22)8-10-18/h3-12,24H,13H2,1-2H3,(H,26,28)/b25-12-. The minimum atomic E-state index is -0.244. The third-order valence-corrected chi connectivity index (χ3v) is 4.83. The molecule has 28 heavy (non-hydrogen) atoms. The summed E-state index contributed by atoms with van der Waals surface area (Å²) in [6.45, 7) is 4.10. The van der Waals surface area contributed by atoms with Gasteiger partial charge in [0.2, 0.25) is 0 Å². The van der Waals surface area contributed by atoms with Gasteiger partial charge in [-0.3, -0.25) is 4.79 Å². The number of amides is 1. The van der Waals surface area contributed by atoms with Gasteiger partial charge in [-0.05, 0) is 56.3 Å². The minimum absolute atomic E-state index is 0.109. The van der Waals surface area contributed by atoms with E-state index in [1.165, 1.54) is 0 Å². The Hall–Kier alpha value is -2.76. The zero-order chi connectivity index (χ0) is 20.1. The number of rotatable bonds is 6. The number of aryl methyl sites for hydroxylation is 1. The second-order valence-electron chi connectivity index (χ2n) is 6.27. The van der Waals surface area contributed by atoms with E-state index in [-0.39, 0.29) is 12.5 Å². The maximum absolute atomic E-state index is 12.0. The summed E-state index contributed by atoms with van der Waals surface area (Å²) < 4.78 is 2.06. The molecule has 0 saturated carbocycles. The molecule has 0 spiro atoms. The SMILES string of the molecule is Cc1cc(/C=N\NC(=O)CNc2ccc(Cl)cc2)c(C)n1-c1ccccc1Cl. The first-order valence-electron chi connectivity index (χ1n) is 8.71. The Labute approximate surface area is 174 Å². The summed E-state index contributed by atoms with van der Waals surface area (Å²) in [5.41, 5.74) is 7.18. The maximum Gasteiger partial charge on any atom is 0.259 e. The van der Waals surface area contributed by atoms with Crippen LogP contribution in [0.5, 0.6) is 0 Å². The van der Waals surface area contributed by atoms with Gasteiger partial charge >= 0.3 is 0 Å². The zero-order valence-electron chi connectivity index (χ0n) is 15.5. The summed E-state index contributed by atoms with van der Waals surface area (Å²) >= 11 is 12.2. The number of hydrazone groups is 1. The molecule has 1 amide bonds. The highest BCUT2D eigenvalue weighted by Gasteiger charge is 2.11. The summed E-state index contributed by atoms with van der Waals surface area (Å²) in [4.78, 5) is 12.0. The Morgan fingerprint density at radius 2 is 1.82 bits per heavy atom. The van der Waals surface area contributed by atoms with E-state index in [0.29, 0.717) is 10.0 Å². The van der Waals surface area contributed by atoms with Gasteiger partial charge in [0, 0.05) is 27.7 Å². The molecule has 0 fully saturated rings. The third-order valence-electron chi connectivity index (χ3n) is 4.25. The predicted molar refractivity (Wildman–Crippen MR) is 116 cm³/mol. The van der Waals surface area contributed by atoms with Crippen LogP contribution in [0.1, 0.15) is 17.0 Å². The average Bonchev–Trinajstić information content (AvgIpc) is 2.95. The lowest BCUT2D eigenvalue weighted by atomic mass is 10.2. The van der Waals surface area contributed by atoms with Crippen LogP contribution in [0.25, 0.3) is 5.69 Å². The maximum atomic E-state index is 12.0. The zero-order valence-corrected chi connectivity index (χ0v) is 17.1. The number of benzene rings is 2. The lowest BCUT2D eigenvalue weighted by Crippen LogP contribution is -2.25. The monoisotopic (exact) mass is 414 g/mol. The molecule has 0 radical (unpaired) electrons. The molecule has 3 aromatic rings. The van der Waals surface area contributed by atoms with E-state index in [0.717, 1.165) is 28.3 Å². The van der Waals surface area contributed by atoms with E-state index >= 15 is 0 Å². The van der Waals surface area contributed by atoms with E-state index in [9.17, 15) is 4.79 Å². The highest BCUT2D eigenvalue weighted by Crippen LogP contribution is 2.25. The van der Waals surface area contributed by atoms with Gasteiger partial charge in [-0.1, -0.05) is 35.3 Å². The van der Waals surface area contributed by atoms with Crippen molar-refractivity contribution in [2.75, 3.05) is 11.9 Å². The van der Waals surface area contributed by atoms with Crippen molar-refractivity contribution in [1.82, 2.24) is 9.99 Å². The number of halogens is 2. The Morgan fingerprint density at radius 1 is 1.11 bits per heavy atom. The first-order valence-corrected chi connectivity index (χ1v) is 9.46. The lowest BCUT2D eigenvalue weighted by Gasteiger charge is -2.11. The number of carbonyl (C=O) groups is 1. The molecular formula is C21H20Cl2N4O. The van der Waals surface area contributed by atoms with E-state index in [2.05, 4.69) is 20.4 Å². The number of aromatic nitrogens is 1. The van der Waals surface area contributed by atoms with Gasteiger partial charge in [0.1, 0.15) is 0 Å². The van der Waals surface area contributed by atoms with Crippen LogP contribution in [-0.2, 0) is 4.79 Å². The Morgan fingerprint density at radius 3 is 2.54 bits per heavy atom. The normalized spacial score (nSPS) is 11.0. The fourth-order valence-electron chi connectivity index (χ4n) is 2.89. The highest BCUT2D eigenvalue weighted by atomic mass is 35.5. The Kier molecular flexibility index (Phi) is 6.39. The molecule has 0 aliphatic heterocycles. The van der Waals surface area contributed by atoms with E-state index in [4.69, 9.17) is 23.2 Å².